The highest BCUT2D eigenvalue weighted by atomic mass is 35.5. The van der Waals surface area contributed by atoms with Crippen LogP contribution in [0.3, 0.4) is 0 Å². The number of carbonyl (C=O) groups is 1. The lowest BCUT2D eigenvalue weighted by molar-refractivity contribution is -0.115. The van der Waals surface area contributed by atoms with E-state index in [1.165, 1.54) is 11.8 Å². The molecular weight excluding hydrogens is 388 g/mol. The molecule has 3 aromatic rings. The highest BCUT2D eigenvalue weighted by Crippen LogP contribution is 2.27. The lowest BCUT2D eigenvalue weighted by Crippen LogP contribution is -2.36. The van der Waals surface area contributed by atoms with Crippen LogP contribution in [0.25, 0.3) is 0 Å². The Morgan fingerprint density at radius 2 is 1.41 bits per heavy atom. The van der Waals surface area contributed by atoms with Gasteiger partial charge >= 0.3 is 0 Å². The maximum atomic E-state index is 12.7. The molecule has 3 aromatic carbocycles. The zero-order valence-corrected chi connectivity index (χ0v) is 17.2. The molecule has 0 saturated carbocycles. The predicted molar refractivity (Wildman–Crippen MR) is 117 cm³/mol. The van der Waals surface area contributed by atoms with Crippen LogP contribution in [-0.4, -0.2) is 26.0 Å². The third-order valence-electron chi connectivity index (χ3n) is 4.28. The summed E-state index contributed by atoms with van der Waals surface area (Å²) in [5.41, 5.74) is 1.97. The molecule has 0 saturated heterocycles. The van der Waals surface area contributed by atoms with E-state index in [9.17, 15) is 4.79 Å². The van der Waals surface area contributed by atoms with E-state index in [2.05, 4.69) is 0 Å². The minimum Gasteiger partial charge on any atom is -0.497 e. The fraction of sp³-hybridized carbons (Fsp3) is 0.130. The minimum atomic E-state index is -0.192. The van der Waals surface area contributed by atoms with Gasteiger partial charge in [0.2, 0.25) is 5.91 Å². The number of benzene rings is 3. The second-order valence-corrected chi connectivity index (χ2v) is 6.57. The Balaban J connectivity index is 2.16. The van der Waals surface area contributed by atoms with Crippen molar-refractivity contribution in [1.82, 2.24) is 0 Å². The molecule has 3 rings (SSSR count). The van der Waals surface area contributed by atoms with Gasteiger partial charge in [0.1, 0.15) is 17.3 Å². The van der Waals surface area contributed by atoms with Gasteiger partial charge in [-0.25, -0.2) is 4.99 Å². The molecule has 6 heteroatoms. The Morgan fingerprint density at radius 3 is 1.93 bits per heavy atom. The van der Waals surface area contributed by atoms with E-state index in [0.717, 1.165) is 5.75 Å². The van der Waals surface area contributed by atoms with Crippen LogP contribution < -0.4 is 14.4 Å². The molecule has 0 N–H and O–H groups in total. The van der Waals surface area contributed by atoms with Crippen LogP contribution >= 0.6 is 11.6 Å². The molecule has 148 valence electrons. The molecule has 1 amide bonds. The monoisotopic (exact) mass is 408 g/mol. The maximum absolute atomic E-state index is 12.7. The van der Waals surface area contributed by atoms with Crippen LogP contribution in [0.4, 0.5) is 11.4 Å². The Kier molecular flexibility index (Phi) is 6.52. The summed E-state index contributed by atoms with van der Waals surface area (Å²) in [4.78, 5) is 19.0. The first-order chi connectivity index (χ1) is 14.0. The van der Waals surface area contributed by atoms with Crippen molar-refractivity contribution < 1.29 is 14.3 Å². The van der Waals surface area contributed by atoms with Crippen LogP contribution in [0.2, 0.25) is 5.02 Å². The Morgan fingerprint density at radius 1 is 0.862 bits per heavy atom. The Bertz CT molecular complexity index is 1020. The van der Waals surface area contributed by atoms with Gasteiger partial charge in [-0.3, -0.25) is 9.69 Å². The summed E-state index contributed by atoms with van der Waals surface area (Å²) in [6.07, 6.45) is 0. The number of methoxy groups -OCH3 is 2. The van der Waals surface area contributed by atoms with E-state index in [1.807, 2.05) is 42.5 Å². The van der Waals surface area contributed by atoms with Gasteiger partial charge in [0, 0.05) is 12.5 Å². The van der Waals surface area contributed by atoms with E-state index in [0.29, 0.717) is 33.5 Å². The summed E-state index contributed by atoms with van der Waals surface area (Å²) < 4.78 is 10.4. The molecule has 0 unspecified atom stereocenters. The Hall–Kier alpha value is -3.31. The number of amides is 1. The quantitative estimate of drug-likeness (QED) is 0.414. The number of rotatable bonds is 5. The maximum Gasteiger partial charge on any atom is 0.229 e. The van der Waals surface area contributed by atoms with Gasteiger partial charge in [0.15, 0.2) is 0 Å². The molecule has 0 fully saturated rings. The van der Waals surface area contributed by atoms with Crippen LogP contribution in [-0.2, 0) is 4.79 Å². The third-order valence-corrected chi connectivity index (χ3v) is 4.61. The SMILES string of the molecule is COc1ccc(N=C(c2ccccc2Cl)N(C(C)=O)c2ccc(OC)cc2)cc1. The molecule has 5 nitrogen and oxygen atoms in total. The van der Waals surface area contributed by atoms with Gasteiger partial charge in [-0.05, 0) is 60.7 Å². The molecule has 0 bridgehead atoms. The zero-order chi connectivity index (χ0) is 20.8. The summed E-state index contributed by atoms with van der Waals surface area (Å²) >= 11 is 6.46. The molecule has 0 heterocycles. The van der Waals surface area contributed by atoms with Crippen molar-refractivity contribution in [2.75, 3.05) is 19.1 Å². The number of hydrogen-bond donors (Lipinski definition) is 0. The van der Waals surface area contributed by atoms with Crippen molar-refractivity contribution in [1.29, 1.82) is 0 Å². The van der Waals surface area contributed by atoms with E-state index < -0.39 is 0 Å². The van der Waals surface area contributed by atoms with E-state index in [-0.39, 0.29) is 5.91 Å². The summed E-state index contributed by atoms with van der Waals surface area (Å²) in [5.74, 6) is 1.66. The molecule has 0 aromatic heterocycles. The average molecular weight is 409 g/mol. The van der Waals surface area contributed by atoms with Crippen LogP contribution in [0.15, 0.2) is 77.8 Å². The highest BCUT2D eigenvalue weighted by Gasteiger charge is 2.22. The van der Waals surface area contributed by atoms with Gasteiger partial charge < -0.3 is 9.47 Å². The van der Waals surface area contributed by atoms with Crippen molar-refractivity contribution in [3.8, 4) is 11.5 Å². The number of amidine groups is 1. The lowest BCUT2D eigenvalue weighted by atomic mass is 10.1. The molecule has 0 spiro atoms. The number of nitrogens with zero attached hydrogens (tertiary/aromatic N) is 2. The highest BCUT2D eigenvalue weighted by molar-refractivity contribution is 6.36. The van der Waals surface area contributed by atoms with Gasteiger partial charge in [-0.15, -0.1) is 0 Å². The van der Waals surface area contributed by atoms with Gasteiger partial charge in [0.25, 0.3) is 0 Å². The summed E-state index contributed by atoms with van der Waals surface area (Å²) in [6.45, 7) is 1.49. The van der Waals surface area contributed by atoms with Gasteiger partial charge in [-0.2, -0.15) is 0 Å². The second-order valence-electron chi connectivity index (χ2n) is 6.17. The van der Waals surface area contributed by atoms with Crippen molar-refractivity contribution in [3.63, 3.8) is 0 Å². The number of carbonyl (C=O) groups excluding carboxylic acids is 1. The zero-order valence-electron chi connectivity index (χ0n) is 16.4. The number of anilines is 1. The molecule has 0 aliphatic carbocycles. The standard InChI is InChI=1S/C23H21ClN2O3/c1-16(27)26(18-10-14-20(29-3)15-11-18)23(21-6-4-5-7-22(21)24)25-17-8-12-19(28-2)13-9-17/h4-15H,1-3H3. The number of hydrogen-bond acceptors (Lipinski definition) is 4. The second kappa shape index (κ2) is 9.26. The van der Waals surface area contributed by atoms with Gasteiger partial charge in [0.05, 0.1) is 30.6 Å². The van der Waals surface area contributed by atoms with Gasteiger partial charge in [-0.1, -0.05) is 23.7 Å². The summed E-state index contributed by atoms with van der Waals surface area (Å²) in [6, 6.07) is 21.8. The lowest BCUT2D eigenvalue weighted by Gasteiger charge is -2.24. The topological polar surface area (TPSA) is 51.1 Å². The van der Waals surface area contributed by atoms with Crippen LogP contribution in [0.5, 0.6) is 11.5 Å². The third kappa shape index (κ3) is 4.76. The first-order valence-electron chi connectivity index (χ1n) is 8.96. The minimum absolute atomic E-state index is 0.192. The number of ether oxygens (including phenoxy) is 2. The molecule has 0 atom stereocenters. The van der Waals surface area contributed by atoms with E-state index in [4.69, 9.17) is 26.1 Å². The van der Waals surface area contributed by atoms with Crippen LogP contribution in [0, 0.1) is 0 Å². The molecule has 0 aliphatic heterocycles. The Labute approximate surface area is 175 Å². The molecular formula is C23H21ClN2O3. The first-order valence-corrected chi connectivity index (χ1v) is 9.33. The van der Waals surface area contributed by atoms with Crippen molar-refractivity contribution in [2.45, 2.75) is 6.92 Å². The number of aliphatic imine (C=N–C) groups is 1. The molecule has 0 radical (unpaired) electrons. The summed E-state index contributed by atoms with van der Waals surface area (Å²) in [5, 5.41) is 0.500. The van der Waals surface area contributed by atoms with Crippen molar-refractivity contribution in [2.24, 2.45) is 4.99 Å². The molecule has 29 heavy (non-hydrogen) atoms. The normalized spacial score (nSPS) is 11.1. The first kappa shape index (κ1) is 20.4. The summed E-state index contributed by atoms with van der Waals surface area (Å²) in [7, 11) is 3.20. The average Bonchev–Trinajstić information content (AvgIpc) is 2.74. The molecule has 0 aliphatic rings. The van der Waals surface area contributed by atoms with Crippen molar-refractivity contribution >= 4 is 34.7 Å². The van der Waals surface area contributed by atoms with Crippen molar-refractivity contribution in [3.05, 3.63) is 83.4 Å². The van der Waals surface area contributed by atoms with E-state index >= 15 is 0 Å². The fourth-order valence-electron chi connectivity index (χ4n) is 2.84. The van der Waals surface area contributed by atoms with E-state index in [1.54, 1.807) is 44.6 Å². The van der Waals surface area contributed by atoms with Crippen LogP contribution in [0.1, 0.15) is 12.5 Å². The fourth-order valence-corrected chi connectivity index (χ4v) is 3.06. The smallest absolute Gasteiger partial charge is 0.229 e. The predicted octanol–water partition coefficient (Wildman–Crippen LogP) is 5.49. The largest absolute Gasteiger partial charge is 0.497 e. The number of halogens is 1.